The van der Waals surface area contributed by atoms with Crippen molar-refractivity contribution < 1.29 is 4.74 Å². The van der Waals surface area contributed by atoms with Crippen LogP contribution in [0.4, 0.5) is 0 Å². The molecule has 0 saturated carbocycles. The number of aryl methyl sites for hydroxylation is 1. The number of ether oxygens (including phenoxy) is 1. The van der Waals surface area contributed by atoms with Crippen molar-refractivity contribution >= 4 is 23.2 Å². The summed E-state index contributed by atoms with van der Waals surface area (Å²) in [5, 5.41) is 1.34. The zero-order valence-corrected chi connectivity index (χ0v) is 14.6. The Bertz CT molecular complexity index is 616. The Morgan fingerprint density at radius 1 is 0.870 bits per heavy atom. The topological polar surface area (TPSA) is 12.5 Å². The minimum atomic E-state index is 0.669. The lowest BCUT2D eigenvalue weighted by Gasteiger charge is -2.26. The first-order valence-electron chi connectivity index (χ1n) is 8.06. The standard InChI is InChI=1S/C19H21Cl2NO/c20-18-12-17(13-19(21)14-18)16-5-3-15(4-6-16)2-1-7-22-8-10-23-11-9-22/h3-6,12-14H,1-2,7-11H2. The third-order valence-corrected chi connectivity index (χ3v) is 4.63. The Kier molecular flexibility index (Phi) is 5.96. The minimum absolute atomic E-state index is 0.669. The maximum absolute atomic E-state index is 6.08. The van der Waals surface area contributed by atoms with Crippen LogP contribution in [0.2, 0.25) is 10.0 Å². The summed E-state index contributed by atoms with van der Waals surface area (Å²) in [7, 11) is 0. The van der Waals surface area contributed by atoms with E-state index in [0.29, 0.717) is 10.0 Å². The van der Waals surface area contributed by atoms with Gasteiger partial charge in [0.2, 0.25) is 0 Å². The van der Waals surface area contributed by atoms with E-state index in [1.165, 1.54) is 12.0 Å². The maximum atomic E-state index is 6.08. The number of hydrogen-bond donors (Lipinski definition) is 0. The van der Waals surface area contributed by atoms with Crippen LogP contribution in [0.15, 0.2) is 42.5 Å². The van der Waals surface area contributed by atoms with Crippen molar-refractivity contribution in [1.29, 1.82) is 0 Å². The van der Waals surface area contributed by atoms with Gasteiger partial charge in [-0.25, -0.2) is 0 Å². The highest BCUT2D eigenvalue weighted by molar-refractivity contribution is 6.35. The van der Waals surface area contributed by atoms with Gasteiger partial charge >= 0.3 is 0 Å². The van der Waals surface area contributed by atoms with Crippen LogP contribution in [0.1, 0.15) is 12.0 Å². The van der Waals surface area contributed by atoms with Gasteiger partial charge in [-0.15, -0.1) is 0 Å². The summed E-state index contributed by atoms with van der Waals surface area (Å²) < 4.78 is 5.38. The van der Waals surface area contributed by atoms with E-state index in [1.54, 1.807) is 6.07 Å². The predicted molar refractivity (Wildman–Crippen MR) is 97.5 cm³/mol. The van der Waals surface area contributed by atoms with E-state index < -0.39 is 0 Å². The average molecular weight is 350 g/mol. The van der Waals surface area contributed by atoms with Crippen molar-refractivity contribution in [3.8, 4) is 11.1 Å². The summed E-state index contributed by atoms with van der Waals surface area (Å²) in [5.41, 5.74) is 3.57. The SMILES string of the molecule is Clc1cc(Cl)cc(-c2ccc(CCCN3CCOCC3)cc2)c1. The molecule has 0 aromatic heterocycles. The Balaban J connectivity index is 1.56. The Morgan fingerprint density at radius 3 is 2.17 bits per heavy atom. The van der Waals surface area contributed by atoms with Gasteiger partial charge in [-0.1, -0.05) is 47.5 Å². The molecule has 2 nitrogen and oxygen atoms in total. The average Bonchev–Trinajstić information content (AvgIpc) is 2.56. The molecule has 2 aromatic rings. The van der Waals surface area contributed by atoms with Gasteiger partial charge < -0.3 is 4.74 Å². The number of halogens is 2. The number of morpholine rings is 1. The fraction of sp³-hybridized carbons (Fsp3) is 0.368. The number of benzene rings is 2. The number of hydrogen-bond acceptors (Lipinski definition) is 2. The molecule has 23 heavy (non-hydrogen) atoms. The van der Waals surface area contributed by atoms with Crippen molar-refractivity contribution in [2.75, 3.05) is 32.8 Å². The van der Waals surface area contributed by atoms with Crippen LogP contribution < -0.4 is 0 Å². The zero-order chi connectivity index (χ0) is 16.1. The van der Waals surface area contributed by atoms with Crippen LogP contribution in [-0.4, -0.2) is 37.7 Å². The number of rotatable bonds is 5. The first-order valence-corrected chi connectivity index (χ1v) is 8.82. The molecule has 0 amide bonds. The Labute approximate surface area is 148 Å². The molecule has 0 aliphatic carbocycles. The van der Waals surface area contributed by atoms with E-state index >= 15 is 0 Å². The third kappa shape index (κ3) is 4.95. The highest BCUT2D eigenvalue weighted by Crippen LogP contribution is 2.27. The second-order valence-corrected chi connectivity index (χ2v) is 6.79. The monoisotopic (exact) mass is 349 g/mol. The van der Waals surface area contributed by atoms with Crippen LogP contribution in [0.25, 0.3) is 11.1 Å². The minimum Gasteiger partial charge on any atom is -0.379 e. The Morgan fingerprint density at radius 2 is 1.52 bits per heavy atom. The molecular formula is C19H21Cl2NO. The normalized spacial score (nSPS) is 15.7. The van der Waals surface area contributed by atoms with Crippen molar-refractivity contribution in [3.63, 3.8) is 0 Å². The van der Waals surface area contributed by atoms with Gasteiger partial charge in [0.15, 0.2) is 0 Å². The van der Waals surface area contributed by atoms with Gasteiger partial charge in [0.05, 0.1) is 13.2 Å². The molecular weight excluding hydrogens is 329 g/mol. The summed E-state index contributed by atoms with van der Waals surface area (Å²) in [4.78, 5) is 2.48. The third-order valence-electron chi connectivity index (χ3n) is 4.19. The molecule has 1 aliphatic rings. The molecule has 0 radical (unpaired) electrons. The lowest BCUT2D eigenvalue weighted by Crippen LogP contribution is -2.36. The molecule has 1 fully saturated rings. The maximum Gasteiger partial charge on any atom is 0.0594 e. The smallest absolute Gasteiger partial charge is 0.0594 e. The van der Waals surface area contributed by atoms with Gasteiger partial charge in [0.1, 0.15) is 0 Å². The van der Waals surface area contributed by atoms with Gasteiger partial charge in [0, 0.05) is 23.1 Å². The van der Waals surface area contributed by atoms with Crippen molar-refractivity contribution in [3.05, 3.63) is 58.1 Å². The first-order chi connectivity index (χ1) is 11.2. The van der Waals surface area contributed by atoms with Crippen molar-refractivity contribution in [2.24, 2.45) is 0 Å². The lowest BCUT2D eigenvalue weighted by molar-refractivity contribution is 0.0375. The molecule has 0 atom stereocenters. The van der Waals surface area contributed by atoms with Crippen molar-refractivity contribution in [1.82, 2.24) is 4.90 Å². The summed E-state index contributed by atoms with van der Waals surface area (Å²) in [5.74, 6) is 0. The van der Waals surface area contributed by atoms with Gasteiger partial charge in [-0.2, -0.15) is 0 Å². The van der Waals surface area contributed by atoms with E-state index in [-0.39, 0.29) is 0 Å². The van der Waals surface area contributed by atoms with Crippen LogP contribution in [-0.2, 0) is 11.2 Å². The molecule has 0 spiro atoms. The van der Waals surface area contributed by atoms with Gasteiger partial charge in [-0.3, -0.25) is 4.90 Å². The van der Waals surface area contributed by atoms with E-state index in [2.05, 4.69) is 29.2 Å². The summed E-state index contributed by atoms with van der Waals surface area (Å²) in [6, 6.07) is 14.3. The molecule has 0 unspecified atom stereocenters. The quantitative estimate of drug-likeness (QED) is 0.759. The highest BCUT2D eigenvalue weighted by atomic mass is 35.5. The van der Waals surface area contributed by atoms with Crippen LogP contribution >= 0.6 is 23.2 Å². The summed E-state index contributed by atoms with van der Waals surface area (Å²) >= 11 is 12.2. The molecule has 122 valence electrons. The van der Waals surface area contributed by atoms with E-state index in [1.807, 2.05) is 12.1 Å². The molecule has 1 saturated heterocycles. The lowest BCUT2D eigenvalue weighted by atomic mass is 10.0. The molecule has 1 aliphatic heterocycles. The van der Waals surface area contributed by atoms with Crippen LogP contribution in [0.3, 0.4) is 0 Å². The summed E-state index contributed by atoms with van der Waals surface area (Å²) in [6.45, 7) is 5.02. The fourth-order valence-corrected chi connectivity index (χ4v) is 3.44. The second kappa shape index (κ2) is 8.16. The second-order valence-electron chi connectivity index (χ2n) is 5.91. The van der Waals surface area contributed by atoms with E-state index in [9.17, 15) is 0 Å². The van der Waals surface area contributed by atoms with E-state index in [4.69, 9.17) is 27.9 Å². The van der Waals surface area contributed by atoms with E-state index in [0.717, 1.165) is 50.4 Å². The first kappa shape index (κ1) is 16.8. The zero-order valence-electron chi connectivity index (χ0n) is 13.1. The summed E-state index contributed by atoms with van der Waals surface area (Å²) in [6.07, 6.45) is 2.29. The molecule has 1 heterocycles. The molecule has 0 bridgehead atoms. The van der Waals surface area contributed by atoms with Gasteiger partial charge in [-0.05, 0) is 54.3 Å². The molecule has 0 N–H and O–H groups in total. The van der Waals surface area contributed by atoms with Crippen molar-refractivity contribution in [2.45, 2.75) is 12.8 Å². The largest absolute Gasteiger partial charge is 0.379 e. The van der Waals surface area contributed by atoms with Crippen LogP contribution in [0.5, 0.6) is 0 Å². The molecule has 2 aromatic carbocycles. The highest BCUT2D eigenvalue weighted by Gasteiger charge is 2.09. The fourth-order valence-electron chi connectivity index (χ4n) is 2.92. The molecule has 3 rings (SSSR count). The molecule has 4 heteroatoms. The van der Waals surface area contributed by atoms with Crippen LogP contribution in [0, 0.1) is 0 Å². The predicted octanol–water partition coefficient (Wildman–Crippen LogP) is 4.93. The van der Waals surface area contributed by atoms with Gasteiger partial charge in [0.25, 0.3) is 0 Å². The number of nitrogens with zero attached hydrogens (tertiary/aromatic N) is 1. The Hall–Kier alpha value is -1.06.